The highest BCUT2D eigenvalue weighted by Gasteiger charge is 2.30. The van der Waals surface area contributed by atoms with Crippen LogP contribution >= 0.6 is 0 Å². The van der Waals surface area contributed by atoms with Gasteiger partial charge in [-0.1, -0.05) is 35.5 Å². The zero-order valence-corrected chi connectivity index (χ0v) is 17.2. The fraction of sp³-hybridized carbons (Fsp3) is 0.250. The fourth-order valence-electron chi connectivity index (χ4n) is 4.05. The van der Waals surface area contributed by atoms with Crippen LogP contribution in [0.2, 0.25) is 0 Å². The summed E-state index contributed by atoms with van der Waals surface area (Å²) in [6.45, 7) is 3.14. The number of hydrogen-bond acceptors (Lipinski definition) is 6. The molecule has 4 heterocycles. The van der Waals surface area contributed by atoms with Crippen LogP contribution in [0, 0.1) is 6.92 Å². The molecule has 0 spiro atoms. The van der Waals surface area contributed by atoms with Crippen LogP contribution in [0.25, 0.3) is 22.7 Å². The molecular weight excluding hydrogens is 392 g/mol. The summed E-state index contributed by atoms with van der Waals surface area (Å²) < 4.78 is 10.9. The average molecular weight is 414 g/mol. The monoisotopic (exact) mass is 414 g/mol. The second-order valence-electron chi connectivity index (χ2n) is 7.76. The molecule has 1 amide bonds. The first-order valence-corrected chi connectivity index (χ1v) is 10.4. The molecule has 7 nitrogen and oxygen atoms in total. The van der Waals surface area contributed by atoms with Crippen molar-refractivity contribution in [3.63, 3.8) is 0 Å². The molecule has 0 bridgehead atoms. The lowest BCUT2D eigenvalue weighted by Crippen LogP contribution is -2.39. The molecule has 1 aromatic carbocycles. The van der Waals surface area contributed by atoms with Gasteiger partial charge in [-0.3, -0.25) is 4.79 Å². The van der Waals surface area contributed by atoms with Gasteiger partial charge in [0.2, 0.25) is 0 Å². The second kappa shape index (κ2) is 8.18. The van der Waals surface area contributed by atoms with E-state index in [-0.39, 0.29) is 11.8 Å². The maximum Gasteiger partial charge on any atom is 0.289 e. The van der Waals surface area contributed by atoms with E-state index < -0.39 is 0 Å². The SMILES string of the molecule is Cc1cc(-c2cnc(-c3ccccc3)nc2C2CCCN(C(=O)c3ccco3)C2)on1. The van der Waals surface area contributed by atoms with Gasteiger partial charge in [0.1, 0.15) is 0 Å². The predicted molar refractivity (Wildman–Crippen MR) is 114 cm³/mol. The van der Waals surface area contributed by atoms with Crippen molar-refractivity contribution in [1.82, 2.24) is 20.0 Å². The number of aromatic nitrogens is 3. The summed E-state index contributed by atoms with van der Waals surface area (Å²) in [5.74, 6) is 1.62. The highest BCUT2D eigenvalue weighted by molar-refractivity contribution is 5.91. The van der Waals surface area contributed by atoms with E-state index in [1.165, 1.54) is 6.26 Å². The molecule has 156 valence electrons. The Bertz CT molecular complexity index is 1180. The minimum Gasteiger partial charge on any atom is -0.459 e. The second-order valence-corrected chi connectivity index (χ2v) is 7.76. The van der Waals surface area contributed by atoms with E-state index in [9.17, 15) is 4.79 Å². The van der Waals surface area contributed by atoms with Crippen LogP contribution in [0.5, 0.6) is 0 Å². The smallest absolute Gasteiger partial charge is 0.289 e. The lowest BCUT2D eigenvalue weighted by molar-refractivity contribution is 0.0674. The Hall–Kier alpha value is -3.74. The Morgan fingerprint density at radius 3 is 2.77 bits per heavy atom. The molecule has 3 aromatic heterocycles. The van der Waals surface area contributed by atoms with Gasteiger partial charge < -0.3 is 13.8 Å². The molecular formula is C24H22N4O3. The molecule has 1 atom stereocenters. The number of carbonyl (C=O) groups excluding carboxylic acids is 1. The number of piperidine rings is 1. The molecule has 1 aliphatic rings. The molecule has 1 fully saturated rings. The number of benzene rings is 1. The van der Waals surface area contributed by atoms with Gasteiger partial charge in [0, 0.05) is 36.8 Å². The standard InChI is InChI=1S/C24H22N4O3/c1-16-13-21(31-27-16)19-14-25-23(17-7-3-2-4-8-17)26-22(19)18-9-5-11-28(15-18)24(29)20-10-6-12-30-20/h2-4,6-8,10,12-14,18H,5,9,11,15H2,1H3. The third kappa shape index (κ3) is 3.86. The summed E-state index contributed by atoms with van der Waals surface area (Å²) in [5, 5.41) is 4.03. The molecule has 0 radical (unpaired) electrons. The zero-order chi connectivity index (χ0) is 21.2. The van der Waals surface area contributed by atoms with Crippen molar-refractivity contribution in [2.45, 2.75) is 25.7 Å². The molecule has 31 heavy (non-hydrogen) atoms. The van der Waals surface area contributed by atoms with Gasteiger partial charge in [0.05, 0.1) is 23.2 Å². The summed E-state index contributed by atoms with van der Waals surface area (Å²) in [4.78, 5) is 24.2. The summed E-state index contributed by atoms with van der Waals surface area (Å²) in [5.41, 5.74) is 3.44. The highest BCUT2D eigenvalue weighted by atomic mass is 16.5. The normalized spacial score (nSPS) is 16.4. The van der Waals surface area contributed by atoms with Crippen molar-refractivity contribution >= 4 is 5.91 Å². The van der Waals surface area contributed by atoms with Crippen LogP contribution in [0.15, 0.2) is 69.9 Å². The number of amides is 1. The number of rotatable bonds is 4. The van der Waals surface area contributed by atoms with Crippen molar-refractivity contribution < 1.29 is 13.7 Å². The first kappa shape index (κ1) is 19.2. The molecule has 7 heteroatoms. The van der Waals surface area contributed by atoms with E-state index in [4.69, 9.17) is 13.9 Å². The van der Waals surface area contributed by atoms with Crippen molar-refractivity contribution in [3.05, 3.63) is 78.1 Å². The van der Waals surface area contributed by atoms with Crippen molar-refractivity contribution in [1.29, 1.82) is 0 Å². The summed E-state index contributed by atoms with van der Waals surface area (Å²) in [7, 11) is 0. The molecule has 0 saturated carbocycles. The molecule has 0 aliphatic carbocycles. The van der Waals surface area contributed by atoms with Gasteiger partial charge in [0.25, 0.3) is 5.91 Å². The van der Waals surface area contributed by atoms with Gasteiger partial charge in [-0.15, -0.1) is 0 Å². The summed E-state index contributed by atoms with van der Waals surface area (Å²) >= 11 is 0. The number of carbonyl (C=O) groups is 1. The van der Waals surface area contributed by atoms with Crippen LogP contribution in [0.3, 0.4) is 0 Å². The van der Waals surface area contributed by atoms with Crippen molar-refractivity contribution in [3.8, 4) is 22.7 Å². The number of furan rings is 1. The van der Waals surface area contributed by atoms with Gasteiger partial charge in [0.15, 0.2) is 17.3 Å². The Kier molecular flexibility index (Phi) is 5.08. The maximum atomic E-state index is 12.9. The maximum absolute atomic E-state index is 12.9. The predicted octanol–water partition coefficient (Wildman–Crippen LogP) is 4.72. The Morgan fingerprint density at radius 2 is 2.03 bits per heavy atom. The van der Waals surface area contributed by atoms with Crippen LogP contribution in [-0.2, 0) is 0 Å². The number of hydrogen-bond donors (Lipinski definition) is 0. The van der Waals surface area contributed by atoms with E-state index in [1.807, 2.05) is 48.2 Å². The van der Waals surface area contributed by atoms with Gasteiger partial charge in [-0.2, -0.15) is 0 Å². The Morgan fingerprint density at radius 1 is 1.16 bits per heavy atom. The third-order valence-electron chi connectivity index (χ3n) is 5.57. The number of likely N-dealkylation sites (tertiary alicyclic amines) is 1. The van der Waals surface area contributed by atoms with Crippen LogP contribution < -0.4 is 0 Å². The van der Waals surface area contributed by atoms with Gasteiger partial charge in [-0.05, 0) is 31.9 Å². The zero-order valence-electron chi connectivity index (χ0n) is 17.2. The lowest BCUT2D eigenvalue weighted by Gasteiger charge is -2.32. The first-order chi connectivity index (χ1) is 15.2. The largest absolute Gasteiger partial charge is 0.459 e. The lowest BCUT2D eigenvalue weighted by atomic mass is 9.91. The highest BCUT2D eigenvalue weighted by Crippen LogP contribution is 2.35. The van der Waals surface area contributed by atoms with E-state index >= 15 is 0 Å². The number of nitrogens with zero attached hydrogens (tertiary/aromatic N) is 4. The van der Waals surface area contributed by atoms with Crippen molar-refractivity contribution in [2.24, 2.45) is 0 Å². The van der Waals surface area contributed by atoms with E-state index in [1.54, 1.807) is 18.3 Å². The minimum atomic E-state index is -0.0934. The third-order valence-corrected chi connectivity index (χ3v) is 5.57. The Balaban J connectivity index is 1.53. The Labute approximate surface area is 179 Å². The molecule has 1 unspecified atom stereocenters. The van der Waals surface area contributed by atoms with Crippen molar-refractivity contribution in [2.75, 3.05) is 13.1 Å². The molecule has 1 saturated heterocycles. The first-order valence-electron chi connectivity index (χ1n) is 10.4. The topological polar surface area (TPSA) is 85.3 Å². The minimum absolute atomic E-state index is 0.0542. The molecule has 5 rings (SSSR count). The van der Waals surface area contributed by atoms with Crippen LogP contribution in [0.1, 0.15) is 40.7 Å². The molecule has 4 aromatic rings. The summed E-state index contributed by atoms with van der Waals surface area (Å²) in [6.07, 6.45) is 5.14. The van der Waals surface area contributed by atoms with Gasteiger partial charge >= 0.3 is 0 Å². The molecule has 1 aliphatic heterocycles. The van der Waals surface area contributed by atoms with Gasteiger partial charge in [-0.25, -0.2) is 9.97 Å². The van der Waals surface area contributed by atoms with Crippen LogP contribution in [0.4, 0.5) is 0 Å². The fourth-order valence-corrected chi connectivity index (χ4v) is 4.05. The number of aryl methyl sites for hydroxylation is 1. The average Bonchev–Trinajstić information content (AvgIpc) is 3.51. The quantitative estimate of drug-likeness (QED) is 0.480. The van der Waals surface area contributed by atoms with E-state index in [0.29, 0.717) is 30.4 Å². The summed E-state index contributed by atoms with van der Waals surface area (Å²) in [6, 6.07) is 15.2. The van der Waals surface area contributed by atoms with E-state index in [2.05, 4.69) is 10.1 Å². The molecule has 0 N–H and O–H groups in total. The van der Waals surface area contributed by atoms with Crippen LogP contribution in [-0.4, -0.2) is 39.0 Å². The van der Waals surface area contributed by atoms with E-state index in [0.717, 1.165) is 35.4 Å².